The Hall–Kier alpha value is -1.76. The minimum Gasteiger partial charge on any atom is -0.481 e. The molecule has 20 heavy (non-hydrogen) atoms. The van der Waals surface area contributed by atoms with Gasteiger partial charge in [-0.2, -0.15) is 0 Å². The van der Waals surface area contributed by atoms with Crippen molar-refractivity contribution in [1.29, 1.82) is 0 Å². The molecule has 108 valence electrons. The van der Waals surface area contributed by atoms with Crippen molar-refractivity contribution in [2.75, 3.05) is 0 Å². The lowest BCUT2D eigenvalue weighted by molar-refractivity contribution is -0.138. The van der Waals surface area contributed by atoms with Gasteiger partial charge >= 0.3 is 5.97 Å². The molecule has 0 aliphatic rings. The van der Waals surface area contributed by atoms with Crippen LogP contribution in [0.25, 0.3) is 10.7 Å². The first kappa shape index (κ1) is 14.6. The largest absolute Gasteiger partial charge is 0.481 e. The van der Waals surface area contributed by atoms with Crippen LogP contribution in [0.3, 0.4) is 0 Å². The highest BCUT2D eigenvalue weighted by Crippen LogP contribution is 2.31. The zero-order valence-corrected chi connectivity index (χ0v) is 12.6. The van der Waals surface area contributed by atoms with Gasteiger partial charge in [0, 0.05) is 0 Å². The predicted molar refractivity (Wildman–Crippen MR) is 76.6 cm³/mol. The summed E-state index contributed by atoms with van der Waals surface area (Å²) in [7, 11) is 0. The first-order valence-electron chi connectivity index (χ1n) is 6.61. The molecular formula is C13H18N4O2S. The Kier molecular flexibility index (Phi) is 4.49. The molecule has 0 saturated heterocycles. The van der Waals surface area contributed by atoms with Crippen LogP contribution in [-0.2, 0) is 11.2 Å². The molecule has 0 aliphatic carbocycles. The Labute approximate surface area is 121 Å². The predicted octanol–water partition coefficient (Wildman–Crippen LogP) is 2.64. The number of aromatic nitrogens is 4. The Morgan fingerprint density at radius 1 is 1.50 bits per heavy atom. The van der Waals surface area contributed by atoms with E-state index in [1.54, 1.807) is 16.0 Å². The summed E-state index contributed by atoms with van der Waals surface area (Å²) in [5, 5.41) is 22.9. The summed E-state index contributed by atoms with van der Waals surface area (Å²) in [6, 6.07) is 1.81. The maximum absolute atomic E-state index is 11.1. The number of carboxylic acid groups (broad SMARTS) is 1. The second-order valence-corrected chi connectivity index (χ2v) is 5.90. The highest BCUT2D eigenvalue weighted by molar-refractivity contribution is 7.13. The number of carboxylic acids is 1. The molecule has 2 rings (SSSR count). The molecule has 1 atom stereocenters. The number of carbonyl (C=O) groups is 1. The molecule has 0 bridgehead atoms. The average molecular weight is 294 g/mol. The molecule has 6 nitrogen and oxygen atoms in total. The van der Waals surface area contributed by atoms with E-state index in [0.29, 0.717) is 5.82 Å². The van der Waals surface area contributed by atoms with Crippen molar-refractivity contribution in [2.45, 2.75) is 39.7 Å². The van der Waals surface area contributed by atoms with Crippen molar-refractivity contribution in [2.24, 2.45) is 5.92 Å². The maximum atomic E-state index is 11.1. The van der Waals surface area contributed by atoms with Gasteiger partial charge in [0.2, 0.25) is 0 Å². The van der Waals surface area contributed by atoms with Crippen molar-refractivity contribution in [3.05, 3.63) is 17.0 Å². The van der Waals surface area contributed by atoms with Gasteiger partial charge in [0.25, 0.3) is 0 Å². The molecule has 0 saturated carbocycles. The molecule has 2 heterocycles. The normalized spacial score (nSPS) is 12.8. The lowest BCUT2D eigenvalue weighted by Gasteiger charge is -2.20. The smallest absolute Gasteiger partial charge is 0.305 e. The Bertz CT molecular complexity index is 591. The van der Waals surface area contributed by atoms with Crippen molar-refractivity contribution >= 4 is 17.3 Å². The van der Waals surface area contributed by atoms with Crippen LogP contribution in [0.2, 0.25) is 0 Å². The van der Waals surface area contributed by atoms with Gasteiger partial charge in [-0.1, -0.05) is 20.8 Å². The van der Waals surface area contributed by atoms with E-state index in [-0.39, 0.29) is 18.4 Å². The average Bonchev–Trinajstić information content (AvgIpc) is 3.02. The lowest BCUT2D eigenvalue weighted by atomic mass is 10.0. The third-order valence-electron chi connectivity index (χ3n) is 3.29. The number of aryl methyl sites for hydroxylation is 1. The first-order chi connectivity index (χ1) is 9.54. The number of nitrogens with zero attached hydrogens (tertiary/aromatic N) is 4. The number of hydrogen-bond donors (Lipinski definition) is 1. The van der Waals surface area contributed by atoms with Gasteiger partial charge < -0.3 is 5.11 Å². The van der Waals surface area contributed by atoms with E-state index < -0.39 is 5.97 Å². The monoisotopic (exact) mass is 294 g/mol. The zero-order chi connectivity index (χ0) is 14.7. The molecule has 2 aromatic rings. The fourth-order valence-electron chi connectivity index (χ4n) is 2.16. The van der Waals surface area contributed by atoms with Crippen LogP contribution in [0.15, 0.2) is 11.4 Å². The van der Waals surface area contributed by atoms with Gasteiger partial charge in [0.15, 0.2) is 5.82 Å². The molecule has 0 spiro atoms. The molecule has 0 amide bonds. The molecule has 1 unspecified atom stereocenters. The van der Waals surface area contributed by atoms with Gasteiger partial charge in [-0.15, -0.1) is 16.4 Å². The molecule has 1 N–H and O–H groups in total. The topological polar surface area (TPSA) is 80.9 Å². The van der Waals surface area contributed by atoms with E-state index in [4.69, 9.17) is 5.11 Å². The van der Waals surface area contributed by atoms with Crippen LogP contribution in [0, 0.1) is 5.92 Å². The number of rotatable bonds is 6. The lowest BCUT2D eigenvalue weighted by Crippen LogP contribution is -2.21. The summed E-state index contributed by atoms with van der Waals surface area (Å²) in [4.78, 5) is 12.1. The molecular weight excluding hydrogens is 276 g/mol. The maximum Gasteiger partial charge on any atom is 0.305 e. The van der Waals surface area contributed by atoms with Crippen molar-refractivity contribution in [3.63, 3.8) is 0 Å². The van der Waals surface area contributed by atoms with E-state index in [9.17, 15) is 4.79 Å². The molecule has 0 fully saturated rings. The SMILES string of the molecule is CCc1ccsc1-c1nnnn1C(CC(=O)O)C(C)C. The third kappa shape index (κ3) is 2.87. The number of aliphatic carboxylic acids is 1. The first-order valence-corrected chi connectivity index (χ1v) is 7.49. The Balaban J connectivity index is 2.43. The molecule has 0 radical (unpaired) electrons. The summed E-state index contributed by atoms with van der Waals surface area (Å²) < 4.78 is 1.66. The van der Waals surface area contributed by atoms with Crippen LogP contribution < -0.4 is 0 Å². The number of tetrazole rings is 1. The Morgan fingerprint density at radius 2 is 2.25 bits per heavy atom. The van der Waals surface area contributed by atoms with Crippen LogP contribution in [0.4, 0.5) is 0 Å². The van der Waals surface area contributed by atoms with Crippen LogP contribution >= 0.6 is 11.3 Å². The summed E-state index contributed by atoms with van der Waals surface area (Å²) >= 11 is 1.58. The van der Waals surface area contributed by atoms with Crippen molar-refractivity contribution in [3.8, 4) is 10.7 Å². The van der Waals surface area contributed by atoms with Crippen molar-refractivity contribution in [1.82, 2.24) is 20.2 Å². The summed E-state index contributed by atoms with van der Waals surface area (Å²) in [6.45, 7) is 6.04. The Morgan fingerprint density at radius 3 is 2.85 bits per heavy atom. The number of thiophene rings is 1. The highest BCUT2D eigenvalue weighted by Gasteiger charge is 2.25. The molecule has 2 aromatic heterocycles. The molecule has 7 heteroatoms. The van der Waals surface area contributed by atoms with Crippen LogP contribution in [0.1, 0.15) is 38.8 Å². The second-order valence-electron chi connectivity index (χ2n) is 4.98. The van der Waals surface area contributed by atoms with Gasteiger partial charge in [-0.25, -0.2) is 4.68 Å². The highest BCUT2D eigenvalue weighted by atomic mass is 32.1. The quantitative estimate of drug-likeness (QED) is 0.885. The second kappa shape index (κ2) is 6.13. The van der Waals surface area contributed by atoms with E-state index in [1.165, 1.54) is 5.56 Å². The standard InChI is InChI=1S/C13H18N4O2S/c1-4-9-5-6-20-12(9)13-14-15-16-17(13)10(8(2)3)7-11(18)19/h5-6,8,10H,4,7H2,1-3H3,(H,18,19). The summed E-state index contributed by atoms with van der Waals surface area (Å²) in [5.41, 5.74) is 1.18. The van der Waals surface area contributed by atoms with Gasteiger partial charge in [-0.05, 0) is 39.8 Å². The minimum absolute atomic E-state index is 0.0164. The van der Waals surface area contributed by atoms with Crippen LogP contribution in [0.5, 0.6) is 0 Å². The summed E-state index contributed by atoms with van der Waals surface area (Å²) in [6.07, 6.45) is 0.916. The minimum atomic E-state index is -0.841. The van der Waals surface area contributed by atoms with E-state index >= 15 is 0 Å². The third-order valence-corrected chi connectivity index (χ3v) is 4.24. The van der Waals surface area contributed by atoms with E-state index in [1.807, 2.05) is 19.2 Å². The van der Waals surface area contributed by atoms with Gasteiger partial charge in [0.1, 0.15) is 0 Å². The van der Waals surface area contributed by atoms with Crippen molar-refractivity contribution < 1.29 is 9.90 Å². The zero-order valence-electron chi connectivity index (χ0n) is 11.8. The van der Waals surface area contributed by atoms with Gasteiger partial charge in [0.05, 0.1) is 17.3 Å². The van der Waals surface area contributed by atoms with Crippen LogP contribution in [-0.4, -0.2) is 31.3 Å². The molecule has 0 aromatic carbocycles. The fourth-order valence-corrected chi connectivity index (χ4v) is 3.13. The van der Waals surface area contributed by atoms with E-state index in [0.717, 1.165) is 11.3 Å². The fraction of sp³-hybridized carbons (Fsp3) is 0.538. The number of hydrogen-bond acceptors (Lipinski definition) is 5. The van der Waals surface area contributed by atoms with E-state index in [2.05, 4.69) is 28.5 Å². The van der Waals surface area contributed by atoms with Gasteiger partial charge in [-0.3, -0.25) is 4.79 Å². The summed E-state index contributed by atoms with van der Waals surface area (Å²) in [5.74, 6) is -0.0396. The molecule has 0 aliphatic heterocycles.